The molecule has 64 valence electrons. The summed E-state index contributed by atoms with van der Waals surface area (Å²) in [6, 6.07) is 6.04. The number of nitrogens with two attached hydrogens (primary N) is 1. The van der Waals surface area contributed by atoms with Crippen molar-refractivity contribution < 1.29 is 10.0 Å². The average molecular weight is 166 g/mol. The molecule has 0 heterocycles. The molecule has 0 atom stereocenters. The van der Waals surface area contributed by atoms with Crippen molar-refractivity contribution in [1.29, 1.82) is 0 Å². The maximum atomic E-state index is 10.6. The fourth-order valence-corrected chi connectivity index (χ4v) is 0.920. The smallest absolute Gasteiger partial charge is 0.343 e. The Labute approximate surface area is 70.2 Å². The number of hydrogen-bond donors (Lipinski definition) is 2. The zero-order valence-corrected chi connectivity index (χ0v) is 6.69. The molecule has 0 spiro atoms. The molecule has 0 aromatic heterocycles. The molecule has 0 saturated heterocycles. The van der Waals surface area contributed by atoms with Gasteiger partial charge in [-0.25, -0.2) is 4.79 Å². The van der Waals surface area contributed by atoms with Crippen molar-refractivity contribution >= 4 is 11.7 Å². The highest BCUT2D eigenvalue weighted by atomic mass is 16.5. The molecule has 0 unspecified atom stereocenters. The zero-order chi connectivity index (χ0) is 9.14. The first-order chi connectivity index (χ1) is 5.63. The third-order valence-corrected chi connectivity index (χ3v) is 1.55. The van der Waals surface area contributed by atoms with E-state index in [2.05, 4.69) is 0 Å². The van der Waals surface area contributed by atoms with Crippen LogP contribution in [0.15, 0.2) is 24.3 Å². The summed E-state index contributed by atoms with van der Waals surface area (Å²) >= 11 is 0. The summed E-state index contributed by atoms with van der Waals surface area (Å²) < 4.78 is 0. The van der Waals surface area contributed by atoms with Gasteiger partial charge in [0.05, 0.1) is 5.69 Å². The van der Waals surface area contributed by atoms with Gasteiger partial charge in [-0.15, -0.1) is 0 Å². The molecule has 3 N–H and O–H groups in total. The van der Waals surface area contributed by atoms with Crippen LogP contribution in [0.3, 0.4) is 0 Å². The van der Waals surface area contributed by atoms with Gasteiger partial charge in [0.25, 0.3) is 0 Å². The van der Waals surface area contributed by atoms with Crippen LogP contribution in [-0.4, -0.2) is 11.2 Å². The summed E-state index contributed by atoms with van der Waals surface area (Å²) in [5, 5.41) is 9.56. The monoisotopic (exact) mass is 166 g/mol. The highest BCUT2D eigenvalue weighted by molar-refractivity contribution is 5.88. The van der Waals surface area contributed by atoms with Crippen molar-refractivity contribution in [2.45, 2.75) is 6.92 Å². The molecule has 0 bridgehead atoms. The van der Waals surface area contributed by atoms with E-state index in [1.165, 1.54) is 0 Å². The number of rotatable bonds is 1. The van der Waals surface area contributed by atoms with Crippen LogP contribution in [0.2, 0.25) is 0 Å². The third-order valence-electron chi connectivity index (χ3n) is 1.55. The van der Waals surface area contributed by atoms with E-state index in [0.717, 1.165) is 5.56 Å². The molecule has 1 rings (SSSR count). The van der Waals surface area contributed by atoms with Gasteiger partial charge >= 0.3 is 6.03 Å². The highest BCUT2D eigenvalue weighted by Crippen LogP contribution is 2.16. The third kappa shape index (κ3) is 1.54. The lowest BCUT2D eigenvalue weighted by atomic mass is 10.2. The molecule has 12 heavy (non-hydrogen) atoms. The van der Waals surface area contributed by atoms with E-state index in [1.54, 1.807) is 25.1 Å². The molecule has 2 amide bonds. The Morgan fingerprint density at radius 2 is 2.08 bits per heavy atom. The van der Waals surface area contributed by atoms with Crippen LogP contribution in [0.5, 0.6) is 0 Å². The average Bonchev–Trinajstić information content (AvgIpc) is 2.04. The molecule has 0 fully saturated rings. The van der Waals surface area contributed by atoms with Crippen molar-refractivity contribution in [1.82, 2.24) is 0 Å². The van der Waals surface area contributed by atoms with Crippen LogP contribution in [-0.2, 0) is 0 Å². The van der Waals surface area contributed by atoms with Crippen LogP contribution in [0.25, 0.3) is 0 Å². The van der Waals surface area contributed by atoms with Crippen LogP contribution in [0.1, 0.15) is 5.56 Å². The van der Waals surface area contributed by atoms with Gasteiger partial charge in [-0.3, -0.25) is 5.21 Å². The molecule has 4 heteroatoms. The van der Waals surface area contributed by atoms with E-state index in [9.17, 15) is 4.79 Å². The van der Waals surface area contributed by atoms with Gasteiger partial charge in [-0.1, -0.05) is 18.2 Å². The minimum atomic E-state index is -0.885. The van der Waals surface area contributed by atoms with E-state index >= 15 is 0 Å². The molecular weight excluding hydrogens is 156 g/mol. The summed E-state index contributed by atoms with van der Waals surface area (Å²) in [5.41, 5.74) is 6.07. The topological polar surface area (TPSA) is 66.6 Å². The first-order valence-electron chi connectivity index (χ1n) is 3.47. The summed E-state index contributed by atoms with van der Waals surface area (Å²) in [7, 11) is 0. The second kappa shape index (κ2) is 3.23. The largest absolute Gasteiger partial charge is 0.349 e. The summed E-state index contributed by atoms with van der Waals surface area (Å²) in [6.45, 7) is 1.78. The molecule has 0 aliphatic heterocycles. The molecule has 4 nitrogen and oxygen atoms in total. The Morgan fingerprint density at radius 3 is 2.58 bits per heavy atom. The van der Waals surface area contributed by atoms with E-state index < -0.39 is 6.03 Å². The lowest BCUT2D eigenvalue weighted by molar-refractivity contribution is 0.212. The number of urea groups is 1. The lowest BCUT2D eigenvalue weighted by Gasteiger charge is -2.13. The van der Waals surface area contributed by atoms with Crippen molar-refractivity contribution in [3.8, 4) is 0 Å². The molecule has 0 radical (unpaired) electrons. The number of primary amides is 1. The number of amides is 2. The van der Waals surface area contributed by atoms with Crippen molar-refractivity contribution in [2.75, 3.05) is 5.06 Å². The van der Waals surface area contributed by atoms with Crippen LogP contribution in [0.4, 0.5) is 10.5 Å². The predicted octanol–water partition coefficient (Wildman–Crippen LogP) is 1.27. The van der Waals surface area contributed by atoms with E-state index in [0.29, 0.717) is 10.8 Å². The van der Waals surface area contributed by atoms with E-state index in [-0.39, 0.29) is 0 Å². The van der Waals surface area contributed by atoms with Crippen LogP contribution >= 0.6 is 0 Å². The van der Waals surface area contributed by atoms with Crippen molar-refractivity contribution in [2.24, 2.45) is 5.73 Å². The van der Waals surface area contributed by atoms with Gasteiger partial charge in [0.2, 0.25) is 0 Å². The van der Waals surface area contributed by atoms with Gasteiger partial charge < -0.3 is 5.73 Å². The Morgan fingerprint density at radius 1 is 1.50 bits per heavy atom. The number of carbonyl (C=O) groups is 1. The van der Waals surface area contributed by atoms with Gasteiger partial charge in [0.15, 0.2) is 0 Å². The number of benzene rings is 1. The first kappa shape index (κ1) is 8.55. The fourth-order valence-electron chi connectivity index (χ4n) is 0.920. The van der Waals surface area contributed by atoms with Crippen molar-refractivity contribution in [3.05, 3.63) is 29.8 Å². The SMILES string of the molecule is Cc1ccccc1N(O)C(N)=O. The summed E-state index contributed by atoms with van der Waals surface area (Å²) in [6.07, 6.45) is 0. The molecule has 1 aromatic carbocycles. The number of nitrogens with zero attached hydrogens (tertiary/aromatic N) is 1. The number of anilines is 1. The van der Waals surface area contributed by atoms with E-state index in [1.807, 2.05) is 6.07 Å². The van der Waals surface area contributed by atoms with Gasteiger partial charge in [-0.2, -0.15) is 5.06 Å². The first-order valence-corrected chi connectivity index (χ1v) is 3.47. The van der Waals surface area contributed by atoms with Crippen molar-refractivity contribution in [3.63, 3.8) is 0 Å². The van der Waals surface area contributed by atoms with Gasteiger partial charge in [0, 0.05) is 0 Å². The molecule has 0 aliphatic carbocycles. The predicted molar refractivity (Wildman–Crippen MR) is 45.0 cm³/mol. The molecule has 0 saturated carbocycles. The highest BCUT2D eigenvalue weighted by Gasteiger charge is 2.09. The van der Waals surface area contributed by atoms with E-state index in [4.69, 9.17) is 10.9 Å². The zero-order valence-electron chi connectivity index (χ0n) is 6.69. The quantitative estimate of drug-likeness (QED) is 0.487. The maximum absolute atomic E-state index is 10.6. The number of aryl methyl sites for hydroxylation is 1. The minimum Gasteiger partial charge on any atom is -0.349 e. The number of hydrogen-bond acceptors (Lipinski definition) is 2. The molecule has 0 aliphatic rings. The lowest BCUT2D eigenvalue weighted by Crippen LogP contribution is -2.32. The van der Waals surface area contributed by atoms with Gasteiger partial charge in [0.1, 0.15) is 0 Å². The van der Waals surface area contributed by atoms with Crippen LogP contribution in [0, 0.1) is 6.92 Å². The molecule has 1 aromatic rings. The Hall–Kier alpha value is -1.55. The Balaban J connectivity index is 3.02. The Kier molecular flexibility index (Phi) is 2.30. The second-order valence-electron chi connectivity index (χ2n) is 2.44. The van der Waals surface area contributed by atoms with Crippen LogP contribution < -0.4 is 10.8 Å². The standard InChI is InChI=1S/C8H10N2O2/c1-6-4-2-3-5-7(6)10(12)8(9)11/h2-5,12H,1H3,(H2,9,11). The fraction of sp³-hybridized carbons (Fsp3) is 0.125. The number of para-hydroxylation sites is 1. The summed E-state index contributed by atoms with van der Waals surface area (Å²) in [4.78, 5) is 10.6. The normalized spacial score (nSPS) is 9.50. The number of hydroxylamine groups is 1. The maximum Gasteiger partial charge on any atom is 0.343 e. The minimum absolute atomic E-state index is 0.407. The van der Waals surface area contributed by atoms with Gasteiger partial charge in [-0.05, 0) is 18.6 Å². The number of carbonyl (C=O) groups excluding carboxylic acids is 1. The molecular formula is C8H10N2O2. The second-order valence-corrected chi connectivity index (χ2v) is 2.44. The summed E-state index contributed by atoms with van der Waals surface area (Å²) in [5.74, 6) is 0. The Bertz CT molecular complexity index is 299.